The molecule has 2 amide bonds. The number of benzene rings is 1. The predicted molar refractivity (Wildman–Crippen MR) is 121 cm³/mol. The van der Waals surface area contributed by atoms with E-state index in [4.69, 9.17) is 4.74 Å². The number of hydrogen-bond acceptors (Lipinski definition) is 7. The van der Waals surface area contributed by atoms with Gasteiger partial charge >= 0.3 is 6.03 Å². The second-order valence-corrected chi connectivity index (χ2v) is 10.8. The summed E-state index contributed by atoms with van der Waals surface area (Å²) in [5.41, 5.74) is 1.46. The van der Waals surface area contributed by atoms with Crippen LogP contribution in [0.25, 0.3) is 11.4 Å². The number of rotatable bonds is 5. The SMILES string of the molecule is CC(C)(C)NC(=O)Nc1ccc(-c2nc(CS(C)(=O)=O)cc(N3CCOCC3)n2)cc1. The number of hydrogen-bond donors (Lipinski definition) is 2. The number of aromatic nitrogens is 2. The number of anilines is 2. The van der Waals surface area contributed by atoms with E-state index >= 15 is 0 Å². The van der Waals surface area contributed by atoms with Crippen LogP contribution < -0.4 is 15.5 Å². The molecular weight excluding hydrogens is 418 g/mol. The van der Waals surface area contributed by atoms with Gasteiger partial charge in [0.15, 0.2) is 15.7 Å². The van der Waals surface area contributed by atoms with Crippen molar-refractivity contribution < 1.29 is 17.9 Å². The summed E-state index contributed by atoms with van der Waals surface area (Å²) in [5.74, 6) is 0.957. The van der Waals surface area contributed by atoms with Crippen LogP contribution in [0.4, 0.5) is 16.3 Å². The van der Waals surface area contributed by atoms with Crippen LogP contribution in [0.2, 0.25) is 0 Å². The van der Waals surface area contributed by atoms with Gasteiger partial charge in [-0.2, -0.15) is 0 Å². The first-order valence-corrected chi connectivity index (χ1v) is 12.1. The van der Waals surface area contributed by atoms with Crippen molar-refractivity contribution >= 4 is 27.4 Å². The molecule has 0 bridgehead atoms. The van der Waals surface area contributed by atoms with Crippen LogP contribution in [-0.4, -0.2) is 62.5 Å². The summed E-state index contributed by atoms with van der Waals surface area (Å²) in [6.45, 7) is 8.27. The maximum absolute atomic E-state index is 12.1. The van der Waals surface area contributed by atoms with E-state index in [1.807, 2.05) is 20.8 Å². The zero-order valence-electron chi connectivity index (χ0n) is 18.3. The molecule has 0 spiro atoms. The molecule has 1 aliphatic heterocycles. The molecule has 31 heavy (non-hydrogen) atoms. The summed E-state index contributed by atoms with van der Waals surface area (Å²) >= 11 is 0. The Balaban J connectivity index is 1.86. The zero-order chi connectivity index (χ0) is 22.6. The molecule has 1 aliphatic rings. The minimum atomic E-state index is -3.25. The van der Waals surface area contributed by atoms with E-state index in [1.165, 1.54) is 6.26 Å². The lowest BCUT2D eigenvalue weighted by Gasteiger charge is -2.28. The fraction of sp³-hybridized carbons (Fsp3) is 0.476. The van der Waals surface area contributed by atoms with Crippen molar-refractivity contribution in [3.8, 4) is 11.4 Å². The first kappa shape index (κ1) is 23.0. The third-order valence-corrected chi connectivity index (χ3v) is 5.22. The quantitative estimate of drug-likeness (QED) is 0.724. The molecule has 1 aromatic heterocycles. The molecule has 0 unspecified atom stereocenters. The molecule has 2 aromatic rings. The molecule has 2 heterocycles. The highest BCUT2D eigenvalue weighted by molar-refractivity contribution is 7.89. The van der Waals surface area contributed by atoms with Gasteiger partial charge in [0.2, 0.25) is 0 Å². The van der Waals surface area contributed by atoms with Gasteiger partial charge < -0.3 is 20.3 Å². The Kier molecular flexibility index (Phi) is 6.80. The Morgan fingerprint density at radius 3 is 2.35 bits per heavy atom. The summed E-state index contributed by atoms with van der Waals surface area (Å²) in [4.78, 5) is 23.3. The van der Waals surface area contributed by atoms with E-state index in [2.05, 4.69) is 25.5 Å². The molecule has 10 heteroatoms. The van der Waals surface area contributed by atoms with E-state index in [1.54, 1.807) is 30.3 Å². The van der Waals surface area contributed by atoms with Gasteiger partial charge in [-0.05, 0) is 45.0 Å². The average Bonchev–Trinajstić information content (AvgIpc) is 2.66. The Hall–Kier alpha value is -2.72. The molecule has 0 radical (unpaired) electrons. The lowest BCUT2D eigenvalue weighted by molar-refractivity contribution is 0.122. The molecule has 1 aromatic carbocycles. The van der Waals surface area contributed by atoms with Gasteiger partial charge in [-0.25, -0.2) is 23.2 Å². The van der Waals surface area contributed by atoms with E-state index in [-0.39, 0.29) is 17.3 Å². The Bertz CT molecular complexity index is 1030. The van der Waals surface area contributed by atoms with Gasteiger partial charge in [-0.3, -0.25) is 0 Å². The third kappa shape index (κ3) is 7.18. The molecule has 0 aliphatic carbocycles. The topological polar surface area (TPSA) is 114 Å². The zero-order valence-corrected chi connectivity index (χ0v) is 19.1. The van der Waals surface area contributed by atoms with Crippen LogP contribution in [-0.2, 0) is 20.3 Å². The molecule has 0 atom stereocenters. The van der Waals surface area contributed by atoms with E-state index < -0.39 is 9.84 Å². The molecule has 0 saturated carbocycles. The number of nitrogens with one attached hydrogen (secondary N) is 2. The van der Waals surface area contributed by atoms with Gasteiger partial charge in [-0.1, -0.05) is 0 Å². The third-order valence-electron chi connectivity index (χ3n) is 4.40. The fourth-order valence-corrected chi connectivity index (χ4v) is 3.80. The lowest BCUT2D eigenvalue weighted by Crippen LogP contribution is -2.43. The normalized spacial score (nSPS) is 14.9. The van der Waals surface area contributed by atoms with Crippen LogP contribution in [0.1, 0.15) is 26.5 Å². The van der Waals surface area contributed by atoms with Gasteiger partial charge in [0, 0.05) is 42.2 Å². The highest BCUT2D eigenvalue weighted by Crippen LogP contribution is 2.23. The van der Waals surface area contributed by atoms with Gasteiger partial charge in [0.05, 0.1) is 24.7 Å². The standard InChI is InChI=1S/C21H29N5O4S/c1-21(2,3)25-20(27)23-16-7-5-15(6-8-16)19-22-17(14-31(4,28)29)13-18(24-19)26-9-11-30-12-10-26/h5-8,13H,9-12,14H2,1-4H3,(H2,23,25,27). The van der Waals surface area contributed by atoms with Gasteiger partial charge in [0.25, 0.3) is 0 Å². The smallest absolute Gasteiger partial charge is 0.319 e. The number of amides is 2. The molecule has 1 fully saturated rings. The molecule has 1 saturated heterocycles. The predicted octanol–water partition coefficient (Wildman–Crippen LogP) is 2.44. The van der Waals surface area contributed by atoms with Crippen molar-refractivity contribution in [3.63, 3.8) is 0 Å². The van der Waals surface area contributed by atoms with E-state index in [0.717, 1.165) is 5.56 Å². The molecule has 2 N–H and O–H groups in total. The van der Waals surface area contributed by atoms with Crippen molar-refractivity contribution in [1.82, 2.24) is 15.3 Å². The maximum Gasteiger partial charge on any atom is 0.319 e. The molecule has 9 nitrogen and oxygen atoms in total. The summed E-state index contributed by atoms with van der Waals surface area (Å²) in [7, 11) is -3.25. The summed E-state index contributed by atoms with van der Waals surface area (Å²) in [6, 6.07) is 8.56. The second kappa shape index (κ2) is 9.19. The highest BCUT2D eigenvalue weighted by atomic mass is 32.2. The van der Waals surface area contributed by atoms with Gasteiger partial charge in [-0.15, -0.1) is 0 Å². The van der Waals surface area contributed by atoms with Crippen molar-refractivity contribution in [2.24, 2.45) is 0 Å². The van der Waals surface area contributed by atoms with Crippen molar-refractivity contribution in [3.05, 3.63) is 36.0 Å². The Morgan fingerprint density at radius 2 is 1.77 bits per heavy atom. The summed E-state index contributed by atoms with van der Waals surface area (Å²) in [6.07, 6.45) is 1.19. The second-order valence-electron chi connectivity index (χ2n) is 8.62. The number of nitrogens with zero attached hydrogens (tertiary/aromatic N) is 3. The van der Waals surface area contributed by atoms with Crippen LogP contribution in [0, 0.1) is 0 Å². The van der Waals surface area contributed by atoms with Crippen molar-refractivity contribution in [2.45, 2.75) is 32.1 Å². The number of ether oxygens (including phenoxy) is 1. The van der Waals surface area contributed by atoms with Gasteiger partial charge in [0.1, 0.15) is 5.82 Å². The minimum absolute atomic E-state index is 0.160. The van der Waals surface area contributed by atoms with Crippen molar-refractivity contribution in [2.75, 3.05) is 42.8 Å². The fourth-order valence-electron chi connectivity index (χ4n) is 3.11. The average molecular weight is 448 g/mol. The summed E-state index contributed by atoms with van der Waals surface area (Å²) < 4.78 is 29.1. The largest absolute Gasteiger partial charge is 0.378 e. The van der Waals surface area contributed by atoms with Crippen LogP contribution in [0.5, 0.6) is 0 Å². The number of morpholine rings is 1. The van der Waals surface area contributed by atoms with E-state index in [9.17, 15) is 13.2 Å². The first-order valence-electron chi connectivity index (χ1n) is 10.1. The Labute approximate surface area is 183 Å². The lowest BCUT2D eigenvalue weighted by atomic mass is 10.1. The monoisotopic (exact) mass is 447 g/mol. The number of sulfone groups is 1. The minimum Gasteiger partial charge on any atom is -0.378 e. The molecule has 168 valence electrons. The first-order chi connectivity index (χ1) is 14.5. The summed E-state index contributed by atoms with van der Waals surface area (Å²) in [5, 5.41) is 5.63. The highest BCUT2D eigenvalue weighted by Gasteiger charge is 2.18. The van der Waals surface area contributed by atoms with Crippen LogP contribution >= 0.6 is 0 Å². The number of carbonyl (C=O) groups excluding carboxylic acids is 1. The Morgan fingerprint density at radius 1 is 1.13 bits per heavy atom. The van der Waals surface area contributed by atoms with Crippen LogP contribution in [0.15, 0.2) is 30.3 Å². The molecule has 3 rings (SSSR count). The molecular formula is C21H29N5O4S. The van der Waals surface area contributed by atoms with Crippen LogP contribution in [0.3, 0.4) is 0 Å². The van der Waals surface area contributed by atoms with E-state index in [0.29, 0.717) is 49.3 Å². The number of carbonyl (C=O) groups is 1. The van der Waals surface area contributed by atoms with Crippen molar-refractivity contribution in [1.29, 1.82) is 0 Å². The maximum atomic E-state index is 12.1. The number of urea groups is 1.